The second kappa shape index (κ2) is 6.40. The van der Waals surface area contributed by atoms with E-state index in [1.54, 1.807) is 6.33 Å². The maximum absolute atomic E-state index is 11.9. The van der Waals surface area contributed by atoms with Crippen LogP contribution in [0.25, 0.3) is 11.0 Å². The highest BCUT2D eigenvalue weighted by Crippen LogP contribution is 2.29. The Hall–Kier alpha value is -2.37. The fourth-order valence-corrected chi connectivity index (χ4v) is 3.33. The summed E-state index contributed by atoms with van der Waals surface area (Å²) >= 11 is 0. The molecule has 1 aliphatic heterocycles. The van der Waals surface area contributed by atoms with Gasteiger partial charge in [-0.2, -0.15) is 0 Å². The molecule has 0 aromatic carbocycles. The number of rotatable bonds is 4. The number of nitrogens with zero attached hydrogens (tertiary/aromatic N) is 4. The summed E-state index contributed by atoms with van der Waals surface area (Å²) < 4.78 is 0. The zero-order valence-electron chi connectivity index (χ0n) is 13.7. The van der Waals surface area contributed by atoms with E-state index in [0.29, 0.717) is 6.54 Å². The van der Waals surface area contributed by atoms with Crippen molar-refractivity contribution in [1.29, 1.82) is 0 Å². The number of hydrogen-bond acceptors (Lipinski definition) is 4. The van der Waals surface area contributed by atoms with Gasteiger partial charge in [0.05, 0.1) is 5.39 Å². The van der Waals surface area contributed by atoms with Crippen LogP contribution in [0, 0.1) is 0 Å². The summed E-state index contributed by atoms with van der Waals surface area (Å²) in [4.78, 5) is 28.0. The van der Waals surface area contributed by atoms with E-state index in [4.69, 9.17) is 0 Å². The first-order valence-corrected chi connectivity index (χ1v) is 8.10. The molecular formula is C17H23N5O. The Bertz CT molecular complexity index is 723. The largest absolute Gasteiger partial charge is 0.354 e. The molecule has 3 rings (SSSR count). The van der Waals surface area contributed by atoms with E-state index in [-0.39, 0.29) is 11.9 Å². The maximum Gasteiger partial charge on any atom is 0.246 e. The molecule has 1 amide bonds. The van der Waals surface area contributed by atoms with E-state index in [1.807, 2.05) is 11.1 Å². The Balaban J connectivity index is 1.91. The minimum absolute atomic E-state index is 0.00632. The van der Waals surface area contributed by atoms with Crippen LogP contribution in [-0.4, -0.2) is 51.9 Å². The second-order valence-corrected chi connectivity index (χ2v) is 5.98. The average Bonchev–Trinajstić information content (AvgIpc) is 3.03. The number of piperidine rings is 1. The highest BCUT2D eigenvalue weighted by atomic mass is 16.2. The van der Waals surface area contributed by atoms with E-state index in [0.717, 1.165) is 42.7 Å². The van der Waals surface area contributed by atoms with Crippen LogP contribution >= 0.6 is 0 Å². The van der Waals surface area contributed by atoms with E-state index >= 15 is 0 Å². The molecule has 0 radical (unpaired) electrons. The molecule has 1 atom stereocenters. The number of carbonyl (C=O) groups is 1. The van der Waals surface area contributed by atoms with Gasteiger partial charge in [0.15, 0.2) is 0 Å². The molecule has 1 N–H and O–H groups in total. The monoisotopic (exact) mass is 313 g/mol. The summed E-state index contributed by atoms with van der Waals surface area (Å²) in [7, 11) is 2.06. The number of fused-ring (bicyclic) bond motifs is 1. The van der Waals surface area contributed by atoms with Crippen molar-refractivity contribution in [3.8, 4) is 0 Å². The molecule has 6 nitrogen and oxygen atoms in total. The van der Waals surface area contributed by atoms with Crippen molar-refractivity contribution in [2.75, 3.05) is 25.0 Å². The second-order valence-electron chi connectivity index (χ2n) is 5.98. The molecule has 3 heterocycles. The van der Waals surface area contributed by atoms with Crippen LogP contribution in [0.15, 0.2) is 25.2 Å². The van der Waals surface area contributed by atoms with Crippen LogP contribution in [0.5, 0.6) is 0 Å². The Labute approximate surface area is 136 Å². The Morgan fingerprint density at radius 3 is 3.13 bits per heavy atom. The molecule has 23 heavy (non-hydrogen) atoms. The number of anilines is 1. The van der Waals surface area contributed by atoms with Gasteiger partial charge in [0.2, 0.25) is 5.91 Å². The van der Waals surface area contributed by atoms with Crippen molar-refractivity contribution in [3.63, 3.8) is 0 Å². The first-order valence-electron chi connectivity index (χ1n) is 8.10. The number of H-pyrrole nitrogens is 1. The first kappa shape index (κ1) is 15.5. The van der Waals surface area contributed by atoms with Gasteiger partial charge in [0, 0.05) is 32.4 Å². The Kier molecular flexibility index (Phi) is 4.32. The Morgan fingerprint density at radius 2 is 2.39 bits per heavy atom. The van der Waals surface area contributed by atoms with Gasteiger partial charge in [-0.15, -0.1) is 0 Å². The summed E-state index contributed by atoms with van der Waals surface area (Å²) in [5, 5.41) is 1.09. The molecule has 1 saturated heterocycles. The zero-order chi connectivity index (χ0) is 16.4. The van der Waals surface area contributed by atoms with Crippen LogP contribution in [0.4, 0.5) is 5.82 Å². The summed E-state index contributed by atoms with van der Waals surface area (Å²) in [5.74, 6) is 0.942. The first-order chi connectivity index (χ1) is 11.2. The third-order valence-electron chi connectivity index (χ3n) is 4.68. The van der Waals surface area contributed by atoms with Crippen LogP contribution in [0.2, 0.25) is 0 Å². The molecule has 1 aliphatic rings. The van der Waals surface area contributed by atoms with Crippen molar-refractivity contribution >= 4 is 22.8 Å². The van der Waals surface area contributed by atoms with Crippen LogP contribution in [0.1, 0.15) is 25.3 Å². The summed E-state index contributed by atoms with van der Waals surface area (Å²) in [6.45, 7) is 7.23. The number of likely N-dealkylation sites (tertiary alicyclic amines) is 1. The summed E-state index contributed by atoms with van der Waals surface area (Å²) in [6, 6.07) is 0.255. The third-order valence-corrected chi connectivity index (χ3v) is 4.68. The van der Waals surface area contributed by atoms with E-state index in [1.165, 1.54) is 11.6 Å². The lowest BCUT2D eigenvalue weighted by atomic mass is 10.0. The van der Waals surface area contributed by atoms with Gasteiger partial charge in [-0.05, 0) is 30.9 Å². The van der Waals surface area contributed by atoms with Gasteiger partial charge in [-0.1, -0.05) is 13.5 Å². The minimum atomic E-state index is 0.00632. The molecule has 2 aromatic heterocycles. The van der Waals surface area contributed by atoms with E-state index < -0.39 is 0 Å². The maximum atomic E-state index is 11.9. The lowest BCUT2D eigenvalue weighted by Crippen LogP contribution is -2.48. The highest BCUT2D eigenvalue weighted by Gasteiger charge is 2.27. The molecule has 0 aliphatic carbocycles. The molecule has 0 unspecified atom stereocenters. The summed E-state index contributed by atoms with van der Waals surface area (Å²) in [6.07, 6.45) is 7.97. The van der Waals surface area contributed by atoms with E-state index in [9.17, 15) is 4.79 Å². The molecular weight excluding hydrogens is 290 g/mol. The minimum Gasteiger partial charge on any atom is -0.354 e. The Morgan fingerprint density at radius 1 is 1.57 bits per heavy atom. The van der Waals surface area contributed by atoms with Gasteiger partial charge in [0.25, 0.3) is 0 Å². The fraction of sp³-hybridized carbons (Fsp3) is 0.471. The summed E-state index contributed by atoms with van der Waals surface area (Å²) in [5.41, 5.74) is 2.09. The highest BCUT2D eigenvalue weighted by molar-refractivity contribution is 5.91. The average molecular weight is 313 g/mol. The molecule has 122 valence electrons. The number of likely N-dealkylation sites (N-methyl/N-ethyl adjacent to an activating group) is 1. The smallest absolute Gasteiger partial charge is 0.246 e. The van der Waals surface area contributed by atoms with Gasteiger partial charge in [0.1, 0.15) is 17.8 Å². The molecule has 2 aromatic rings. The number of amides is 1. The molecule has 6 heteroatoms. The lowest BCUT2D eigenvalue weighted by molar-refractivity contribution is -0.127. The third kappa shape index (κ3) is 2.81. The number of hydrogen-bond donors (Lipinski definition) is 1. The number of aryl methyl sites for hydroxylation is 1. The fourth-order valence-electron chi connectivity index (χ4n) is 3.33. The number of carbonyl (C=O) groups excluding carboxylic acids is 1. The molecule has 0 saturated carbocycles. The van der Waals surface area contributed by atoms with Crippen molar-refractivity contribution < 1.29 is 4.79 Å². The van der Waals surface area contributed by atoms with Gasteiger partial charge in [-0.3, -0.25) is 4.79 Å². The van der Waals surface area contributed by atoms with Gasteiger partial charge in [-0.25, -0.2) is 9.97 Å². The van der Waals surface area contributed by atoms with Crippen molar-refractivity contribution in [2.45, 2.75) is 32.2 Å². The topological polar surface area (TPSA) is 65.1 Å². The van der Waals surface area contributed by atoms with Crippen LogP contribution in [-0.2, 0) is 11.2 Å². The van der Waals surface area contributed by atoms with Gasteiger partial charge < -0.3 is 14.8 Å². The SMILES string of the molecule is C=CC(=O)N1CCC[C@@H](N(C)c2ncnc3[nH]cc(CC)c23)C1. The quantitative estimate of drug-likeness (QED) is 0.878. The normalized spacial score (nSPS) is 18.2. The standard InChI is InChI=1S/C17H23N5O/c1-4-12-9-18-16-15(12)17(20-11-19-16)21(3)13-7-6-8-22(10-13)14(23)5-2/h5,9,11,13H,2,4,6-8,10H2,1,3H3,(H,18,19,20)/t13-/m1/s1. The van der Waals surface area contributed by atoms with Gasteiger partial charge >= 0.3 is 0 Å². The lowest BCUT2D eigenvalue weighted by Gasteiger charge is -2.38. The number of aromatic amines is 1. The van der Waals surface area contributed by atoms with Crippen molar-refractivity contribution in [3.05, 3.63) is 30.7 Å². The predicted molar refractivity (Wildman–Crippen MR) is 91.5 cm³/mol. The van der Waals surface area contributed by atoms with Crippen molar-refractivity contribution in [1.82, 2.24) is 19.9 Å². The molecule has 0 spiro atoms. The molecule has 1 fully saturated rings. The number of nitrogens with one attached hydrogen (secondary N) is 1. The zero-order valence-corrected chi connectivity index (χ0v) is 13.7. The van der Waals surface area contributed by atoms with E-state index in [2.05, 4.69) is 40.4 Å². The molecule has 0 bridgehead atoms. The van der Waals surface area contributed by atoms with Crippen LogP contribution in [0.3, 0.4) is 0 Å². The predicted octanol–water partition coefficient (Wildman–Crippen LogP) is 2.13. The number of aromatic nitrogens is 3. The van der Waals surface area contributed by atoms with Crippen LogP contribution < -0.4 is 4.90 Å². The van der Waals surface area contributed by atoms with Crippen molar-refractivity contribution in [2.24, 2.45) is 0 Å².